The van der Waals surface area contributed by atoms with Crippen LogP contribution in [-0.2, 0) is 15.3 Å². The summed E-state index contributed by atoms with van der Waals surface area (Å²) in [6.45, 7) is 4.23. The minimum absolute atomic E-state index is 0.130. The van der Waals surface area contributed by atoms with Gasteiger partial charge in [0.15, 0.2) is 0 Å². The number of halogens is 3. The van der Waals surface area contributed by atoms with E-state index in [1.807, 2.05) is 0 Å². The van der Waals surface area contributed by atoms with Crippen LogP contribution in [0.25, 0.3) is 0 Å². The molecule has 0 saturated carbocycles. The lowest BCUT2D eigenvalue weighted by molar-refractivity contribution is 0.107. The van der Waals surface area contributed by atoms with Gasteiger partial charge in [-0.25, -0.2) is 13.2 Å². The molecule has 1 rings (SSSR count). The average molecular weight is 322 g/mol. The quantitative estimate of drug-likeness (QED) is 0.559. The lowest BCUT2D eigenvalue weighted by atomic mass is 10.1. The summed E-state index contributed by atoms with van der Waals surface area (Å²) in [6, 6.07) is 1.67. The summed E-state index contributed by atoms with van der Waals surface area (Å²) < 4.78 is 50.2. The van der Waals surface area contributed by atoms with Gasteiger partial charge >= 0.3 is 8.80 Å². The Balaban J connectivity index is 2.50. The van der Waals surface area contributed by atoms with E-state index in [4.69, 9.17) is 8.85 Å². The van der Waals surface area contributed by atoms with E-state index in [2.05, 4.69) is 0 Å². The SMILES string of the molecule is CCO[Si](O)(CCCCc1c(F)cc(F)cc1F)OCC. The zero-order valence-electron chi connectivity index (χ0n) is 12.3. The molecule has 1 aromatic rings. The van der Waals surface area contributed by atoms with E-state index in [0.717, 1.165) is 0 Å². The van der Waals surface area contributed by atoms with Crippen LogP contribution in [0.15, 0.2) is 12.1 Å². The predicted octanol–water partition coefficient (Wildman–Crippen LogP) is 3.43. The molecule has 0 heterocycles. The molecule has 0 saturated heterocycles. The van der Waals surface area contributed by atoms with Crippen molar-refractivity contribution in [3.8, 4) is 0 Å². The van der Waals surface area contributed by atoms with Gasteiger partial charge in [0.2, 0.25) is 0 Å². The molecule has 0 radical (unpaired) electrons. The van der Waals surface area contributed by atoms with E-state index in [1.54, 1.807) is 13.8 Å². The van der Waals surface area contributed by atoms with E-state index in [9.17, 15) is 18.0 Å². The fourth-order valence-electron chi connectivity index (χ4n) is 2.10. The predicted molar refractivity (Wildman–Crippen MR) is 75.3 cm³/mol. The fraction of sp³-hybridized carbons (Fsp3) is 0.571. The second kappa shape index (κ2) is 8.53. The Morgan fingerprint density at radius 1 is 1.00 bits per heavy atom. The maximum absolute atomic E-state index is 13.4. The summed E-state index contributed by atoms with van der Waals surface area (Å²) in [4.78, 5) is 10.2. The molecule has 0 aliphatic heterocycles. The standard InChI is InChI=1S/C14H21F3O3Si/c1-3-19-21(18,20-4-2)8-6-5-7-12-13(16)9-11(15)10-14(12)17/h9-10,18H,3-8H2,1-2H3. The van der Waals surface area contributed by atoms with E-state index < -0.39 is 26.3 Å². The zero-order chi connectivity index (χ0) is 15.9. The number of hydrogen-bond acceptors (Lipinski definition) is 3. The van der Waals surface area contributed by atoms with Gasteiger partial charge in [-0.2, -0.15) is 0 Å². The van der Waals surface area contributed by atoms with Gasteiger partial charge in [0.05, 0.1) is 0 Å². The van der Waals surface area contributed by atoms with Crippen LogP contribution in [0.3, 0.4) is 0 Å². The molecule has 7 heteroatoms. The first kappa shape index (κ1) is 18.2. The molecule has 0 unspecified atom stereocenters. The van der Waals surface area contributed by atoms with Gasteiger partial charge in [0.1, 0.15) is 17.5 Å². The van der Waals surface area contributed by atoms with Crippen molar-refractivity contribution in [1.82, 2.24) is 0 Å². The van der Waals surface area contributed by atoms with Crippen molar-refractivity contribution in [3.63, 3.8) is 0 Å². The van der Waals surface area contributed by atoms with Crippen LogP contribution in [0.1, 0.15) is 32.3 Å². The lowest BCUT2D eigenvalue weighted by Crippen LogP contribution is -2.42. The molecule has 0 aromatic heterocycles. The smallest absolute Gasteiger partial charge is 0.390 e. The zero-order valence-corrected chi connectivity index (χ0v) is 13.3. The maximum Gasteiger partial charge on any atom is 0.498 e. The normalized spacial score (nSPS) is 11.9. The number of hydrogen-bond donors (Lipinski definition) is 1. The Morgan fingerprint density at radius 2 is 1.52 bits per heavy atom. The number of benzene rings is 1. The van der Waals surface area contributed by atoms with Gasteiger partial charge in [-0.05, 0) is 33.1 Å². The molecule has 0 bridgehead atoms. The van der Waals surface area contributed by atoms with Crippen LogP contribution in [0.5, 0.6) is 0 Å². The Hall–Kier alpha value is -0.893. The summed E-state index contributed by atoms with van der Waals surface area (Å²) >= 11 is 0. The third kappa shape index (κ3) is 5.78. The Labute approximate surface area is 124 Å². The van der Waals surface area contributed by atoms with Crippen LogP contribution in [0, 0.1) is 17.5 Å². The Morgan fingerprint density at radius 3 is 2.00 bits per heavy atom. The molecular weight excluding hydrogens is 301 g/mol. The first-order valence-corrected chi connectivity index (χ1v) is 9.02. The van der Waals surface area contributed by atoms with Crippen LogP contribution in [0.2, 0.25) is 6.04 Å². The molecule has 1 N–H and O–H groups in total. The minimum atomic E-state index is -3.17. The summed E-state index contributed by atoms with van der Waals surface area (Å²) in [7, 11) is -3.17. The van der Waals surface area contributed by atoms with Crippen molar-refractivity contribution in [1.29, 1.82) is 0 Å². The van der Waals surface area contributed by atoms with Crippen molar-refractivity contribution in [2.75, 3.05) is 13.2 Å². The van der Waals surface area contributed by atoms with Gasteiger partial charge in [-0.1, -0.05) is 0 Å². The van der Waals surface area contributed by atoms with E-state index >= 15 is 0 Å². The molecule has 0 aliphatic carbocycles. The highest BCUT2D eigenvalue weighted by atomic mass is 28.4. The fourth-order valence-corrected chi connectivity index (χ4v) is 4.07. The second-order valence-electron chi connectivity index (χ2n) is 4.63. The highest BCUT2D eigenvalue weighted by Crippen LogP contribution is 2.20. The topological polar surface area (TPSA) is 38.7 Å². The first-order valence-electron chi connectivity index (χ1n) is 7.05. The second-order valence-corrected chi connectivity index (χ2v) is 7.14. The largest absolute Gasteiger partial charge is 0.498 e. The van der Waals surface area contributed by atoms with E-state index in [-0.39, 0.29) is 12.0 Å². The van der Waals surface area contributed by atoms with Crippen molar-refractivity contribution < 1.29 is 26.8 Å². The average Bonchev–Trinajstić information content (AvgIpc) is 2.37. The van der Waals surface area contributed by atoms with Crippen LogP contribution < -0.4 is 0 Å². The van der Waals surface area contributed by atoms with Crippen molar-refractivity contribution in [2.24, 2.45) is 0 Å². The summed E-state index contributed by atoms with van der Waals surface area (Å²) in [5, 5.41) is 0. The molecule has 120 valence electrons. The number of rotatable bonds is 9. The molecule has 1 aromatic carbocycles. The highest BCUT2D eigenvalue weighted by molar-refractivity contribution is 6.59. The molecule has 21 heavy (non-hydrogen) atoms. The monoisotopic (exact) mass is 322 g/mol. The molecular formula is C14H21F3O3Si. The molecule has 0 amide bonds. The Bertz CT molecular complexity index is 428. The summed E-state index contributed by atoms with van der Waals surface area (Å²) in [6.07, 6.45) is 1.11. The van der Waals surface area contributed by atoms with Gasteiger partial charge in [0, 0.05) is 37.0 Å². The number of unbranched alkanes of at least 4 members (excludes halogenated alkanes) is 1. The van der Waals surface area contributed by atoms with Gasteiger partial charge in [0.25, 0.3) is 0 Å². The van der Waals surface area contributed by atoms with E-state index in [1.165, 1.54) is 0 Å². The third-order valence-corrected chi connectivity index (χ3v) is 5.48. The van der Waals surface area contributed by atoms with Crippen LogP contribution in [-0.4, -0.2) is 26.8 Å². The first-order chi connectivity index (χ1) is 9.91. The lowest BCUT2D eigenvalue weighted by Gasteiger charge is -2.22. The van der Waals surface area contributed by atoms with Crippen LogP contribution >= 0.6 is 0 Å². The summed E-state index contributed by atoms with van der Waals surface area (Å²) in [5.41, 5.74) is -0.130. The van der Waals surface area contributed by atoms with Gasteiger partial charge < -0.3 is 13.6 Å². The van der Waals surface area contributed by atoms with Gasteiger partial charge in [-0.15, -0.1) is 0 Å². The van der Waals surface area contributed by atoms with Crippen molar-refractivity contribution in [3.05, 3.63) is 35.1 Å². The van der Waals surface area contributed by atoms with Crippen molar-refractivity contribution >= 4 is 8.80 Å². The molecule has 0 aliphatic rings. The molecule has 3 nitrogen and oxygen atoms in total. The highest BCUT2D eigenvalue weighted by Gasteiger charge is 2.35. The maximum atomic E-state index is 13.4. The van der Waals surface area contributed by atoms with Crippen molar-refractivity contribution in [2.45, 2.75) is 39.2 Å². The molecule has 0 atom stereocenters. The third-order valence-electron chi connectivity index (χ3n) is 3.02. The molecule has 0 fully saturated rings. The Kier molecular flexibility index (Phi) is 7.37. The molecule has 0 spiro atoms. The minimum Gasteiger partial charge on any atom is -0.390 e. The summed E-state index contributed by atoms with van der Waals surface area (Å²) in [5.74, 6) is -2.69. The van der Waals surface area contributed by atoms with E-state index in [0.29, 0.717) is 44.2 Å². The van der Waals surface area contributed by atoms with Crippen LogP contribution in [0.4, 0.5) is 13.2 Å². The van der Waals surface area contributed by atoms with Gasteiger partial charge in [-0.3, -0.25) is 0 Å².